The molecule has 8 rings (SSSR count). The minimum Gasteiger partial charge on any atom is -0.476 e. The summed E-state index contributed by atoms with van der Waals surface area (Å²) in [5, 5.41) is 12.8. The van der Waals surface area contributed by atoms with E-state index in [1.54, 1.807) is 23.1 Å². The summed E-state index contributed by atoms with van der Waals surface area (Å²) in [5.74, 6) is -6.23. The number of hydrogen-bond donors (Lipinski definition) is 4. The number of nitrogens with one attached hydrogen (secondary N) is 2. The first-order valence-electron chi connectivity index (χ1n) is 22.1. The quantitative estimate of drug-likeness (QED) is 0.0305. The van der Waals surface area contributed by atoms with Crippen LogP contribution in [0.5, 0.6) is 23.0 Å². The molecule has 2 amide bonds. The number of carbonyl (C=O) groups is 4. The van der Waals surface area contributed by atoms with Crippen molar-refractivity contribution >= 4 is 52.8 Å². The number of carboxylic acid groups (broad SMARTS) is 1. The fourth-order valence-corrected chi connectivity index (χ4v) is 7.00. The number of alkyl halides is 6. The highest BCUT2D eigenvalue weighted by Crippen LogP contribution is 2.33. The number of nitrogens with zero attached hydrogens (tertiary/aromatic N) is 4. The Morgan fingerprint density at radius 1 is 0.595 bits per heavy atom. The van der Waals surface area contributed by atoms with E-state index in [2.05, 4.69) is 19.9 Å². The van der Waals surface area contributed by atoms with Crippen LogP contribution in [0.25, 0.3) is 22.6 Å². The average Bonchev–Trinajstić information content (AvgIpc) is 4.13. The summed E-state index contributed by atoms with van der Waals surface area (Å²) in [6.07, 6.45) is -3.63. The number of aromatic nitrogens is 4. The molecule has 0 saturated carbocycles. The molecule has 8 aromatic rings. The molecule has 79 heavy (non-hydrogen) atoms. The van der Waals surface area contributed by atoms with Crippen LogP contribution >= 0.6 is 23.5 Å². The molecule has 0 aliphatic carbocycles. The first-order chi connectivity index (χ1) is 37.4. The fraction of sp³-hybridized carbons (Fsp3) is 0.137. The molecule has 5 N–H and O–H groups in total. The Morgan fingerprint density at radius 3 is 1.44 bits per heavy atom. The zero-order valence-corrected chi connectivity index (χ0v) is 42.0. The minimum absolute atomic E-state index is 0.0137. The van der Waals surface area contributed by atoms with Crippen molar-refractivity contribution in [3.63, 3.8) is 0 Å². The highest BCUT2D eigenvalue weighted by molar-refractivity contribution is 7.98. The van der Waals surface area contributed by atoms with Gasteiger partial charge in [-0.3, -0.25) is 24.4 Å². The van der Waals surface area contributed by atoms with Crippen molar-refractivity contribution < 1.29 is 86.5 Å². The molecule has 0 saturated heterocycles. The standard InChI is InChI=1S/C26H18F5N3O4S.C14H11F4N3O2.C11H8FNO3S/c1-39-25-34-22(23(38-25)15-3-5-16(27)6-4-15)20(35)11-14-2-7-21(18(28)10-14)37-17-8-9-32-19(12-17)24(36)33-13-26(29,30)31;15-10-5-8(19)1-2-12(10)23-9-3-4-20-11(6-9)13(22)21-7-14(16,17)18;1-17-11-13-8(10(14)15)9(16-11)6-2-4-7(12)5-3-6/h2-10,12H,11,13H2,1H3,(H,33,36);1-6H,7,19H2,(H,21,22);2-5H,1H3,(H,14,15). The third-order valence-corrected chi connectivity index (χ3v) is 10.9. The molecule has 4 aromatic carbocycles. The Labute approximate surface area is 447 Å². The van der Waals surface area contributed by atoms with Crippen LogP contribution in [0, 0.1) is 23.3 Å². The molecule has 0 aliphatic heterocycles. The molecule has 0 unspecified atom stereocenters. The summed E-state index contributed by atoms with van der Waals surface area (Å²) < 4.78 is 149. The van der Waals surface area contributed by atoms with Gasteiger partial charge in [0, 0.05) is 53.8 Å². The van der Waals surface area contributed by atoms with E-state index in [9.17, 15) is 63.1 Å². The van der Waals surface area contributed by atoms with Crippen molar-refractivity contribution in [1.82, 2.24) is 30.6 Å². The highest BCUT2D eigenvalue weighted by Gasteiger charge is 2.30. The van der Waals surface area contributed by atoms with E-state index in [-0.39, 0.29) is 79.8 Å². The van der Waals surface area contributed by atoms with Gasteiger partial charge in [0.25, 0.3) is 22.3 Å². The lowest BCUT2D eigenvalue weighted by molar-refractivity contribution is -0.123. The van der Waals surface area contributed by atoms with Crippen LogP contribution in [0.2, 0.25) is 0 Å². The van der Waals surface area contributed by atoms with Crippen LogP contribution in [0.15, 0.2) is 141 Å². The number of aromatic carboxylic acids is 1. The summed E-state index contributed by atoms with van der Waals surface area (Å²) in [6, 6.07) is 23.0. The number of amides is 2. The number of ketones is 1. The number of anilines is 1. The lowest BCUT2D eigenvalue weighted by Gasteiger charge is -2.10. The number of rotatable bonds is 16. The largest absolute Gasteiger partial charge is 0.476 e. The van der Waals surface area contributed by atoms with Gasteiger partial charge >= 0.3 is 18.3 Å². The highest BCUT2D eigenvalue weighted by atomic mass is 32.2. The van der Waals surface area contributed by atoms with E-state index in [0.717, 1.165) is 36.7 Å². The zero-order chi connectivity index (χ0) is 57.6. The maximum atomic E-state index is 14.8. The topological polar surface area (TPSA) is 235 Å². The second-order valence-electron chi connectivity index (χ2n) is 15.7. The smallest absolute Gasteiger partial charge is 0.405 e. The molecular formula is C51H37F10N7O9S2. The molecule has 0 radical (unpaired) electrons. The Morgan fingerprint density at radius 2 is 1.03 bits per heavy atom. The van der Waals surface area contributed by atoms with Gasteiger partial charge in [-0.05, 0) is 103 Å². The molecule has 0 bridgehead atoms. The van der Waals surface area contributed by atoms with Gasteiger partial charge in [-0.25, -0.2) is 22.4 Å². The lowest BCUT2D eigenvalue weighted by Crippen LogP contribution is -2.34. The average molecular weight is 1150 g/mol. The van der Waals surface area contributed by atoms with Crippen LogP contribution in [0.4, 0.5) is 49.6 Å². The van der Waals surface area contributed by atoms with Crippen molar-refractivity contribution in [2.45, 2.75) is 29.2 Å². The number of benzene rings is 4. The maximum Gasteiger partial charge on any atom is 0.405 e. The minimum atomic E-state index is -4.59. The third kappa shape index (κ3) is 17.6. The van der Waals surface area contributed by atoms with E-state index < -0.39 is 72.3 Å². The number of carbonyl (C=O) groups excluding carboxylic acids is 3. The van der Waals surface area contributed by atoms with Gasteiger partial charge in [-0.2, -0.15) is 36.3 Å². The van der Waals surface area contributed by atoms with E-state index in [0.29, 0.717) is 16.7 Å². The number of pyridine rings is 2. The number of nitrogens with two attached hydrogens (primary N) is 1. The Kier molecular flexibility index (Phi) is 19.8. The normalized spacial score (nSPS) is 11.1. The van der Waals surface area contributed by atoms with Gasteiger partial charge in [0.2, 0.25) is 0 Å². The summed E-state index contributed by atoms with van der Waals surface area (Å²) >= 11 is 2.38. The van der Waals surface area contributed by atoms with Gasteiger partial charge in [-0.1, -0.05) is 29.6 Å². The number of hydrogen-bond acceptors (Lipinski definition) is 15. The Balaban J connectivity index is 0.000000212. The predicted octanol–water partition coefficient (Wildman–Crippen LogP) is 12.0. The van der Waals surface area contributed by atoms with Crippen molar-refractivity contribution in [1.29, 1.82) is 0 Å². The van der Waals surface area contributed by atoms with Gasteiger partial charge in [0.15, 0.2) is 51.8 Å². The predicted molar refractivity (Wildman–Crippen MR) is 265 cm³/mol. The molecule has 0 fully saturated rings. The fourth-order valence-electron chi connectivity index (χ4n) is 6.30. The number of ether oxygens (including phenoxy) is 2. The van der Waals surface area contributed by atoms with Crippen molar-refractivity contribution in [2.24, 2.45) is 0 Å². The second-order valence-corrected chi connectivity index (χ2v) is 17.2. The van der Waals surface area contributed by atoms with Crippen LogP contribution < -0.4 is 25.8 Å². The van der Waals surface area contributed by atoms with Gasteiger partial charge in [-0.15, -0.1) is 0 Å². The van der Waals surface area contributed by atoms with Gasteiger partial charge < -0.3 is 39.8 Å². The number of carboxylic acids is 1. The van der Waals surface area contributed by atoms with E-state index >= 15 is 0 Å². The van der Waals surface area contributed by atoms with Crippen LogP contribution in [0.3, 0.4) is 0 Å². The summed E-state index contributed by atoms with van der Waals surface area (Å²) in [4.78, 5) is 62.9. The number of Topliss-reactive ketones (excluding diaryl/α,β-unsaturated/α-hetero) is 1. The molecule has 412 valence electrons. The maximum absolute atomic E-state index is 14.8. The van der Waals surface area contributed by atoms with E-state index in [1.165, 1.54) is 108 Å². The third-order valence-electron chi connectivity index (χ3n) is 9.84. The van der Waals surface area contributed by atoms with Crippen molar-refractivity contribution in [2.75, 3.05) is 31.3 Å². The molecule has 0 atom stereocenters. The van der Waals surface area contributed by atoms with E-state index in [4.69, 9.17) is 29.1 Å². The molecule has 0 spiro atoms. The first kappa shape index (κ1) is 59.3. The molecule has 28 heteroatoms. The van der Waals surface area contributed by atoms with Crippen LogP contribution in [-0.2, 0) is 6.42 Å². The molecule has 16 nitrogen and oxygen atoms in total. The van der Waals surface area contributed by atoms with E-state index in [1.807, 2.05) is 0 Å². The second kappa shape index (κ2) is 26.4. The SMILES string of the molecule is CSc1nc(C(=O)Cc2ccc(Oc3ccnc(C(=O)NCC(F)(F)F)c3)c(F)c2)c(-c2ccc(F)cc2)o1.CSc1nc(C(=O)O)c(-c2ccc(F)cc2)o1.Nc1ccc(Oc2ccnc(C(=O)NCC(F)(F)F)c2)c(F)c1. The molecule has 4 aromatic heterocycles. The molecule has 4 heterocycles. The summed E-state index contributed by atoms with van der Waals surface area (Å²) in [7, 11) is 0. The number of oxazole rings is 2. The van der Waals surface area contributed by atoms with Gasteiger partial charge in [0.05, 0.1) is 0 Å². The van der Waals surface area contributed by atoms with Crippen molar-refractivity contribution in [3.05, 3.63) is 173 Å². The van der Waals surface area contributed by atoms with Crippen molar-refractivity contribution in [3.8, 4) is 45.6 Å². The first-order valence-corrected chi connectivity index (χ1v) is 24.5. The van der Waals surface area contributed by atoms with Crippen LogP contribution in [0.1, 0.15) is 47.5 Å². The number of thioether (sulfide) groups is 2. The Bertz CT molecular complexity index is 3450. The Hall–Kier alpha value is -8.92. The van der Waals surface area contributed by atoms with Crippen LogP contribution in [-0.4, -0.2) is 86.6 Å². The zero-order valence-electron chi connectivity index (χ0n) is 40.3. The molecular weight excluding hydrogens is 1110 g/mol. The lowest BCUT2D eigenvalue weighted by atomic mass is 10.0. The summed E-state index contributed by atoms with van der Waals surface area (Å²) in [6.45, 7) is -3.02. The number of halogens is 10. The summed E-state index contributed by atoms with van der Waals surface area (Å²) in [5.41, 5.74) is 6.04. The van der Waals surface area contributed by atoms with Gasteiger partial charge in [0.1, 0.15) is 47.6 Å². The monoisotopic (exact) mass is 1150 g/mol. The number of nitrogen functional groups attached to an aromatic ring is 1. The molecule has 0 aliphatic rings.